The van der Waals surface area contributed by atoms with Gasteiger partial charge in [0.2, 0.25) is 5.91 Å². The van der Waals surface area contributed by atoms with Gasteiger partial charge in [0.25, 0.3) is 0 Å². The Hall–Kier alpha value is -2.93. The molecule has 3 atom stereocenters. The van der Waals surface area contributed by atoms with Crippen LogP contribution in [0.3, 0.4) is 0 Å². The molecule has 3 unspecified atom stereocenters. The number of unbranched alkanes of at least 4 members (excludes halogenated alkanes) is 7. The van der Waals surface area contributed by atoms with Crippen LogP contribution in [0.4, 0.5) is 4.79 Å². The van der Waals surface area contributed by atoms with Gasteiger partial charge in [-0.3, -0.25) is 9.59 Å². The number of benzene rings is 1. The van der Waals surface area contributed by atoms with Crippen LogP contribution in [0.1, 0.15) is 69.9 Å². The van der Waals surface area contributed by atoms with E-state index in [1.807, 2.05) is 36.4 Å². The molecule has 1 saturated heterocycles. The van der Waals surface area contributed by atoms with Crippen molar-refractivity contribution in [3.8, 4) is 0 Å². The summed E-state index contributed by atoms with van der Waals surface area (Å²) in [6.45, 7) is 1.98. The fourth-order valence-electron chi connectivity index (χ4n) is 4.29. The van der Waals surface area contributed by atoms with Crippen molar-refractivity contribution in [2.45, 2.75) is 70.4 Å². The lowest BCUT2D eigenvalue weighted by Crippen LogP contribution is -2.45. The van der Waals surface area contributed by atoms with Gasteiger partial charge in [-0.1, -0.05) is 62.4 Å². The van der Waals surface area contributed by atoms with Crippen LogP contribution in [0.25, 0.3) is 0 Å². The van der Waals surface area contributed by atoms with Crippen LogP contribution in [-0.4, -0.2) is 47.1 Å². The number of allylic oxidation sites excluding steroid dienone is 2. The van der Waals surface area contributed by atoms with E-state index in [-0.39, 0.29) is 19.0 Å². The van der Waals surface area contributed by atoms with Crippen LogP contribution in [0, 0.1) is 5.92 Å². The molecule has 1 aromatic carbocycles. The lowest BCUT2D eigenvalue weighted by molar-refractivity contribution is -0.142. The van der Waals surface area contributed by atoms with Gasteiger partial charge in [-0.05, 0) is 50.0 Å². The highest BCUT2D eigenvalue weighted by Crippen LogP contribution is 2.31. The second-order valence-corrected chi connectivity index (χ2v) is 8.87. The molecule has 34 heavy (non-hydrogen) atoms. The number of amides is 2. The summed E-state index contributed by atoms with van der Waals surface area (Å²) in [6.07, 6.45) is 11.8. The highest BCUT2D eigenvalue weighted by molar-refractivity contribution is 6.01. The quantitative estimate of drug-likeness (QED) is 0.439. The van der Waals surface area contributed by atoms with Crippen molar-refractivity contribution >= 4 is 17.8 Å². The Morgan fingerprint density at radius 1 is 1.06 bits per heavy atom. The molecule has 2 amide bonds. The van der Waals surface area contributed by atoms with E-state index in [9.17, 15) is 14.4 Å². The standard InChI is InChI=1S/C27H35NO6/c1-20(26(31)28-23(19-33-27(28)32)21-13-9-8-10-14-21)25-24(30)17-16-22(34-25)15-11-6-4-2-3-5-7-12-18-29/h8-10,13-17,20,23,25,29H,2-7,11-12,18-19H2,1H3. The van der Waals surface area contributed by atoms with Crippen LogP contribution in [0.15, 0.2) is 54.3 Å². The van der Waals surface area contributed by atoms with Crippen molar-refractivity contribution in [3.05, 3.63) is 59.9 Å². The topological polar surface area (TPSA) is 93.1 Å². The number of hydrogen-bond acceptors (Lipinski definition) is 6. The van der Waals surface area contributed by atoms with E-state index in [0.717, 1.165) is 55.4 Å². The fraction of sp³-hybridized carbons (Fsp3) is 0.519. The molecular formula is C27H35NO6. The van der Waals surface area contributed by atoms with Gasteiger partial charge in [-0.25, -0.2) is 9.69 Å². The Labute approximate surface area is 201 Å². The molecular weight excluding hydrogens is 434 g/mol. The van der Waals surface area contributed by atoms with Crippen molar-refractivity contribution in [1.82, 2.24) is 4.90 Å². The summed E-state index contributed by atoms with van der Waals surface area (Å²) >= 11 is 0. The summed E-state index contributed by atoms with van der Waals surface area (Å²) in [5.74, 6) is -1.03. The Bertz CT molecular complexity index is 894. The summed E-state index contributed by atoms with van der Waals surface area (Å²) in [5, 5.41) is 8.80. The van der Waals surface area contributed by atoms with Crippen LogP contribution in [0.5, 0.6) is 0 Å². The molecule has 184 valence electrons. The third-order valence-corrected chi connectivity index (χ3v) is 6.30. The van der Waals surface area contributed by atoms with Crippen molar-refractivity contribution in [2.75, 3.05) is 13.2 Å². The Morgan fingerprint density at radius 2 is 1.74 bits per heavy atom. The minimum absolute atomic E-state index is 0.0905. The molecule has 0 aliphatic carbocycles. The Balaban J connectivity index is 1.54. The second-order valence-electron chi connectivity index (χ2n) is 8.87. The van der Waals surface area contributed by atoms with Gasteiger partial charge < -0.3 is 14.6 Å². The van der Waals surface area contributed by atoms with Crippen molar-refractivity contribution < 1.29 is 29.0 Å². The largest absolute Gasteiger partial charge is 0.482 e. The fourth-order valence-corrected chi connectivity index (χ4v) is 4.29. The Morgan fingerprint density at radius 3 is 2.44 bits per heavy atom. The first kappa shape index (κ1) is 25.7. The van der Waals surface area contributed by atoms with E-state index >= 15 is 0 Å². The average molecular weight is 470 g/mol. The number of rotatable bonds is 12. The van der Waals surface area contributed by atoms with E-state index in [2.05, 4.69) is 0 Å². The molecule has 1 N–H and O–H groups in total. The average Bonchev–Trinajstić information content (AvgIpc) is 3.24. The van der Waals surface area contributed by atoms with Crippen molar-refractivity contribution in [3.63, 3.8) is 0 Å². The molecule has 2 heterocycles. The van der Waals surface area contributed by atoms with E-state index in [1.165, 1.54) is 12.5 Å². The summed E-state index contributed by atoms with van der Waals surface area (Å²) < 4.78 is 11.0. The van der Waals surface area contributed by atoms with E-state index in [0.29, 0.717) is 5.76 Å². The second kappa shape index (κ2) is 13.1. The molecule has 0 bridgehead atoms. The number of ketones is 1. The number of ether oxygens (including phenoxy) is 2. The van der Waals surface area contributed by atoms with Crippen LogP contribution < -0.4 is 0 Å². The van der Waals surface area contributed by atoms with Gasteiger partial charge in [0.1, 0.15) is 18.4 Å². The van der Waals surface area contributed by atoms with Crippen LogP contribution in [0.2, 0.25) is 0 Å². The molecule has 0 spiro atoms. The van der Waals surface area contributed by atoms with Gasteiger partial charge in [0.05, 0.1) is 5.92 Å². The van der Waals surface area contributed by atoms with E-state index < -0.39 is 30.1 Å². The first-order valence-electron chi connectivity index (χ1n) is 12.3. The maximum atomic E-state index is 13.3. The number of aliphatic hydroxyl groups excluding tert-OH is 1. The molecule has 0 aromatic heterocycles. The number of aliphatic hydroxyl groups is 1. The van der Waals surface area contributed by atoms with Gasteiger partial charge in [-0.2, -0.15) is 0 Å². The zero-order chi connectivity index (χ0) is 24.3. The maximum absolute atomic E-state index is 13.3. The lowest BCUT2D eigenvalue weighted by Gasteiger charge is -2.29. The van der Waals surface area contributed by atoms with Crippen molar-refractivity contribution in [2.24, 2.45) is 5.92 Å². The van der Waals surface area contributed by atoms with Crippen LogP contribution in [-0.2, 0) is 19.1 Å². The number of carbonyl (C=O) groups is 3. The zero-order valence-corrected chi connectivity index (χ0v) is 19.9. The number of imide groups is 1. The minimum Gasteiger partial charge on any atom is -0.482 e. The summed E-state index contributed by atoms with van der Waals surface area (Å²) in [6, 6.07) is 8.73. The molecule has 2 aliphatic heterocycles. The number of cyclic esters (lactones) is 1. The normalized spacial score (nSPS) is 22.1. The molecule has 0 radical (unpaired) electrons. The number of carbonyl (C=O) groups excluding carboxylic acids is 3. The number of hydrogen-bond donors (Lipinski definition) is 1. The minimum atomic E-state index is -0.972. The first-order valence-corrected chi connectivity index (χ1v) is 12.3. The predicted octanol–water partition coefficient (Wildman–Crippen LogP) is 4.86. The Kier molecular flexibility index (Phi) is 9.89. The monoisotopic (exact) mass is 469 g/mol. The molecule has 7 nitrogen and oxygen atoms in total. The number of nitrogens with zero attached hydrogens (tertiary/aromatic N) is 1. The summed E-state index contributed by atoms with van der Waals surface area (Å²) in [5.41, 5.74) is 0.804. The van der Waals surface area contributed by atoms with Gasteiger partial charge in [0.15, 0.2) is 11.9 Å². The SMILES string of the molecule is CC(C(=O)N1C(=O)OCC1c1ccccc1)C1OC(=CCCCCCCCCCO)C=CC1=O. The highest BCUT2D eigenvalue weighted by Gasteiger charge is 2.44. The molecule has 1 fully saturated rings. The smallest absolute Gasteiger partial charge is 0.417 e. The molecule has 0 saturated carbocycles. The van der Waals surface area contributed by atoms with Crippen LogP contribution >= 0.6 is 0 Å². The lowest BCUT2D eigenvalue weighted by atomic mass is 9.95. The molecule has 1 aromatic rings. The van der Waals surface area contributed by atoms with Gasteiger partial charge in [0, 0.05) is 6.61 Å². The third-order valence-electron chi connectivity index (χ3n) is 6.30. The zero-order valence-electron chi connectivity index (χ0n) is 19.9. The van der Waals surface area contributed by atoms with E-state index in [1.54, 1.807) is 13.0 Å². The molecule has 2 aliphatic rings. The maximum Gasteiger partial charge on any atom is 0.417 e. The third kappa shape index (κ3) is 6.79. The highest BCUT2D eigenvalue weighted by atomic mass is 16.6. The molecule has 3 rings (SSSR count). The van der Waals surface area contributed by atoms with Crippen molar-refractivity contribution in [1.29, 1.82) is 0 Å². The predicted molar refractivity (Wildman–Crippen MR) is 128 cm³/mol. The first-order chi connectivity index (χ1) is 16.5. The van der Waals surface area contributed by atoms with Gasteiger partial charge in [-0.15, -0.1) is 0 Å². The summed E-state index contributed by atoms with van der Waals surface area (Å²) in [7, 11) is 0. The molecule has 7 heteroatoms. The van der Waals surface area contributed by atoms with Gasteiger partial charge >= 0.3 is 6.09 Å². The van der Waals surface area contributed by atoms with E-state index in [4.69, 9.17) is 14.6 Å². The summed E-state index contributed by atoms with van der Waals surface area (Å²) in [4.78, 5) is 39.2.